The minimum absolute atomic E-state index is 0.118. The number of rotatable bonds is 4. The van der Waals surface area contributed by atoms with Gasteiger partial charge in [0.05, 0.1) is 22.2 Å². The third-order valence-electron chi connectivity index (χ3n) is 2.89. The van der Waals surface area contributed by atoms with Crippen molar-refractivity contribution in [1.82, 2.24) is 4.98 Å². The third kappa shape index (κ3) is 3.14. The Morgan fingerprint density at radius 3 is 2.57 bits per heavy atom. The van der Waals surface area contributed by atoms with Gasteiger partial charge in [0.2, 0.25) is 0 Å². The second-order valence-corrected chi connectivity index (χ2v) is 4.42. The van der Waals surface area contributed by atoms with Gasteiger partial charge >= 0.3 is 5.97 Å². The van der Waals surface area contributed by atoms with Crippen LogP contribution in [0.1, 0.15) is 21.6 Å². The van der Waals surface area contributed by atoms with Gasteiger partial charge in [0.15, 0.2) is 0 Å². The Morgan fingerprint density at radius 2 is 2.05 bits per heavy atom. The summed E-state index contributed by atoms with van der Waals surface area (Å²) in [5.41, 5.74) is 0.544. The lowest BCUT2D eigenvalue weighted by Crippen LogP contribution is -2.02. The van der Waals surface area contributed by atoms with Crippen LogP contribution in [0.3, 0.4) is 0 Å². The monoisotopic (exact) mass is 288 g/mol. The third-order valence-corrected chi connectivity index (χ3v) is 2.89. The van der Waals surface area contributed by atoms with Crippen LogP contribution in [-0.2, 0) is 0 Å². The molecule has 0 aliphatic rings. The molecule has 1 aromatic heterocycles. The van der Waals surface area contributed by atoms with E-state index in [4.69, 9.17) is 9.84 Å². The van der Waals surface area contributed by atoms with Crippen molar-refractivity contribution in [2.24, 2.45) is 0 Å². The van der Waals surface area contributed by atoms with Gasteiger partial charge in [-0.3, -0.25) is 15.1 Å². The lowest BCUT2D eigenvalue weighted by atomic mass is 10.1. The zero-order valence-corrected chi connectivity index (χ0v) is 11.4. The highest BCUT2D eigenvalue weighted by Gasteiger charge is 2.20. The number of carboxylic acids is 1. The van der Waals surface area contributed by atoms with Gasteiger partial charge in [0.1, 0.15) is 11.5 Å². The molecule has 1 aromatic carbocycles. The quantitative estimate of drug-likeness (QED) is 0.685. The van der Waals surface area contributed by atoms with E-state index >= 15 is 0 Å². The first kappa shape index (κ1) is 14.4. The lowest BCUT2D eigenvalue weighted by Gasteiger charge is -2.10. The molecule has 0 spiro atoms. The maximum absolute atomic E-state index is 11.0. The number of hydrogen-bond acceptors (Lipinski definition) is 5. The second-order valence-electron chi connectivity index (χ2n) is 4.42. The van der Waals surface area contributed by atoms with Gasteiger partial charge in [-0.15, -0.1) is 0 Å². The summed E-state index contributed by atoms with van der Waals surface area (Å²) < 4.78 is 5.52. The van der Waals surface area contributed by atoms with Crippen LogP contribution < -0.4 is 4.74 Å². The number of benzene rings is 1. The molecular weight excluding hydrogens is 276 g/mol. The van der Waals surface area contributed by atoms with Crippen LogP contribution in [0.5, 0.6) is 11.5 Å². The van der Waals surface area contributed by atoms with Crippen LogP contribution >= 0.6 is 0 Å². The summed E-state index contributed by atoms with van der Waals surface area (Å²) in [4.78, 5) is 25.4. The molecule has 7 nitrogen and oxygen atoms in total. The summed E-state index contributed by atoms with van der Waals surface area (Å²) in [7, 11) is 0. The molecule has 0 aliphatic heterocycles. The topological polar surface area (TPSA) is 103 Å². The molecule has 108 valence electrons. The normalized spacial score (nSPS) is 10.2. The molecule has 0 atom stereocenters. The summed E-state index contributed by atoms with van der Waals surface area (Å²) in [5, 5.41) is 20.0. The largest absolute Gasteiger partial charge is 0.478 e. The SMILES string of the molecule is Cc1ccc(Oc2cc(C(=O)O)cc([N+](=O)[O-])c2C)cn1. The fourth-order valence-electron chi connectivity index (χ4n) is 1.73. The lowest BCUT2D eigenvalue weighted by molar-refractivity contribution is -0.385. The molecular formula is C14H12N2O5. The Morgan fingerprint density at radius 1 is 1.33 bits per heavy atom. The highest BCUT2D eigenvalue weighted by atomic mass is 16.6. The number of nitro groups is 1. The number of aryl methyl sites for hydroxylation is 1. The van der Waals surface area contributed by atoms with Gasteiger partial charge < -0.3 is 9.84 Å². The van der Waals surface area contributed by atoms with Crippen LogP contribution in [0, 0.1) is 24.0 Å². The fraction of sp³-hybridized carbons (Fsp3) is 0.143. The first-order valence-corrected chi connectivity index (χ1v) is 6.01. The average molecular weight is 288 g/mol. The summed E-state index contributed by atoms with van der Waals surface area (Å²) in [5.74, 6) is -0.766. The minimum atomic E-state index is -1.26. The van der Waals surface area contributed by atoms with Gasteiger partial charge in [0, 0.05) is 11.8 Å². The predicted octanol–water partition coefficient (Wildman–Crippen LogP) is 3.10. The Balaban J connectivity index is 2.48. The standard InChI is InChI=1S/C14H12N2O5/c1-8-3-4-11(7-15-8)21-13-6-10(14(17)18)5-12(9(13)2)16(19)20/h3-7H,1-2H3,(H,17,18). The van der Waals surface area contributed by atoms with Gasteiger partial charge in [-0.2, -0.15) is 0 Å². The first-order chi connectivity index (χ1) is 9.88. The van der Waals surface area contributed by atoms with Crippen LogP contribution in [0.2, 0.25) is 0 Å². The first-order valence-electron chi connectivity index (χ1n) is 6.01. The van der Waals surface area contributed by atoms with Crippen molar-refractivity contribution < 1.29 is 19.6 Å². The Kier molecular flexibility index (Phi) is 3.84. The highest BCUT2D eigenvalue weighted by molar-refractivity contribution is 5.89. The van der Waals surface area contributed by atoms with Crippen LogP contribution in [0.4, 0.5) is 5.69 Å². The van der Waals surface area contributed by atoms with Crippen molar-refractivity contribution in [2.45, 2.75) is 13.8 Å². The zero-order chi connectivity index (χ0) is 15.6. The summed E-state index contributed by atoms with van der Waals surface area (Å²) in [6.45, 7) is 3.31. The second kappa shape index (κ2) is 5.58. The van der Waals surface area contributed by atoms with E-state index in [1.54, 1.807) is 12.1 Å². The number of hydrogen-bond donors (Lipinski definition) is 1. The molecule has 0 amide bonds. The predicted molar refractivity (Wildman–Crippen MR) is 73.8 cm³/mol. The molecule has 2 rings (SSSR count). The van der Waals surface area contributed by atoms with Crippen molar-refractivity contribution in [3.05, 3.63) is 57.4 Å². The molecule has 1 heterocycles. The fourth-order valence-corrected chi connectivity index (χ4v) is 1.73. The minimum Gasteiger partial charge on any atom is -0.478 e. The van der Waals surface area contributed by atoms with Crippen molar-refractivity contribution in [2.75, 3.05) is 0 Å². The Bertz CT molecular complexity index is 710. The summed E-state index contributed by atoms with van der Waals surface area (Å²) in [6, 6.07) is 5.64. The Labute approximate surface area is 120 Å². The number of ether oxygens (including phenoxy) is 1. The van der Waals surface area contributed by atoms with Gasteiger partial charge in [0.25, 0.3) is 5.69 Å². The van der Waals surface area contributed by atoms with Crippen molar-refractivity contribution in [3.63, 3.8) is 0 Å². The maximum Gasteiger partial charge on any atom is 0.336 e. The number of carboxylic acid groups (broad SMARTS) is 1. The number of aromatic carboxylic acids is 1. The van der Waals surface area contributed by atoms with E-state index in [2.05, 4.69) is 4.98 Å². The summed E-state index contributed by atoms with van der Waals surface area (Å²) in [6.07, 6.45) is 1.47. The van der Waals surface area contributed by atoms with E-state index in [1.807, 2.05) is 6.92 Å². The van der Waals surface area contributed by atoms with E-state index in [0.717, 1.165) is 11.8 Å². The van der Waals surface area contributed by atoms with Gasteiger partial charge in [-0.1, -0.05) is 0 Å². The number of nitro benzene ring substituents is 1. The molecule has 7 heteroatoms. The van der Waals surface area contributed by atoms with Crippen molar-refractivity contribution in [3.8, 4) is 11.5 Å². The number of aromatic nitrogens is 1. The average Bonchev–Trinajstić information content (AvgIpc) is 2.42. The van der Waals surface area contributed by atoms with E-state index < -0.39 is 10.9 Å². The van der Waals surface area contributed by atoms with Crippen molar-refractivity contribution >= 4 is 11.7 Å². The molecule has 2 aromatic rings. The molecule has 0 saturated carbocycles. The van der Waals surface area contributed by atoms with E-state index in [-0.39, 0.29) is 22.6 Å². The Hall–Kier alpha value is -2.96. The smallest absolute Gasteiger partial charge is 0.336 e. The van der Waals surface area contributed by atoms with Crippen LogP contribution in [-0.4, -0.2) is 21.0 Å². The molecule has 21 heavy (non-hydrogen) atoms. The molecule has 0 fully saturated rings. The number of nitrogens with zero attached hydrogens (tertiary/aromatic N) is 2. The molecule has 1 N–H and O–H groups in total. The molecule has 0 aliphatic carbocycles. The van der Waals surface area contributed by atoms with Gasteiger partial charge in [-0.05, 0) is 32.0 Å². The van der Waals surface area contributed by atoms with Crippen LogP contribution in [0.25, 0.3) is 0 Å². The van der Waals surface area contributed by atoms with Crippen molar-refractivity contribution in [1.29, 1.82) is 0 Å². The molecule has 0 bridgehead atoms. The maximum atomic E-state index is 11.0. The highest BCUT2D eigenvalue weighted by Crippen LogP contribution is 2.32. The molecule has 0 radical (unpaired) electrons. The molecule has 0 unspecified atom stereocenters. The van der Waals surface area contributed by atoms with E-state index in [9.17, 15) is 14.9 Å². The summed E-state index contributed by atoms with van der Waals surface area (Å²) >= 11 is 0. The van der Waals surface area contributed by atoms with Crippen LogP contribution in [0.15, 0.2) is 30.5 Å². The number of carbonyl (C=O) groups is 1. The van der Waals surface area contributed by atoms with E-state index in [0.29, 0.717) is 5.75 Å². The zero-order valence-electron chi connectivity index (χ0n) is 11.4. The van der Waals surface area contributed by atoms with E-state index in [1.165, 1.54) is 19.2 Å². The molecule has 0 saturated heterocycles. The van der Waals surface area contributed by atoms with Gasteiger partial charge in [-0.25, -0.2) is 4.79 Å². The number of pyridine rings is 1.